The molecule has 19 heavy (non-hydrogen) atoms. The van der Waals surface area contributed by atoms with E-state index >= 15 is 0 Å². The predicted molar refractivity (Wildman–Crippen MR) is 71.4 cm³/mol. The molecule has 0 spiro atoms. The molecule has 1 saturated carbocycles. The highest BCUT2D eigenvalue weighted by Gasteiger charge is 2.22. The average Bonchev–Trinajstić information content (AvgIpc) is 3.14. The molecule has 1 heterocycles. The van der Waals surface area contributed by atoms with E-state index in [1.54, 1.807) is 0 Å². The van der Waals surface area contributed by atoms with E-state index in [2.05, 4.69) is 11.2 Å². The van der Waals surface area contributed by atoms with Crippen LogP contribution in [0.15, 0.2) is 12.1 Å². The quantitative estimate of drug-likeness (QED) is 0.627. The second-order valence-corrected chi connectivity index (χ2v) is 4.77. The zero-order valence-electron chi connectivity index (χ0n) is 10.8. The van der Waals surface area contributed by atoms with Gasteiger partial charge in [0.15, 0.2) is 11.5 Å². The van der Waals surface area contributed by atoms with E-state index in [9.17, 15) is 0 Å². The molecular weight excluding hydrogens is 242 g/mol. The molecule has 100 valence electrons. The van der Waals surface area contributed by atoms with Gasteiger partial charge in [-0.25, -0.2) is 0 Å². The summed E-state index contributed by atoms with van der Waals surface area (Å²) in [7, 11) is 0. The normalized spacial score (nSPS) is 16.2. The minimum Gasteiger partial charge on any atom is -0.492 e. The molecule has 0 amide bonds. The molecule has 1 aromatic carbocycles. The lowest BCUT2D eigenvalue weighted by molar-refractivity contribution is 0.173. The second kappa shape index (κ2) is 5.41. The van der Waals surface area contributed by atoms with E-state index in [1.165, 1.54) is 12.8 Å². The Balaban J connectivity index is 1.75. The van der Waals surface area contributed by atoms with Gasteiger partial charge in [0.25, 0.3) is 0 Å². The number of ether oxygens (including phenoxy) is 3. The third-order valence-corrected chi connectivity index (χ3v) is 3.22. The maximum atomic E-state index is 5.74. The SMILES string of the molecule is C#CCCOc1cc2c(cc1CNC1CC1)OCO2. The number of hydrogen-bond donors (Lipinski definition) is 1. The van der Waals surface area contributed by atoms with Crippen molar-refractivity contribution in [2.24, 2.45) is 0 Å². The molecule has 0 saturated heterocycles. The molecule has 0 unspecified atom stereocenters. The van der Waals surface area contributed by atoms with Crippen LogP contribution in [0.4, 0.5) is 0 Å². The van der Waals surface area contributed by atoms with Crippen molar-refractivity contribution in [1.82, 2.24) is 5.32 Å². The molecule has 1 N–H and O–H groups in total. The van der Waals surface area contributed by atoms with Gasteiger partial charge in [-0.2, -0.15) is 0 Å². The maximum Gasteiger partial charge on any atom is 0.231 e. The van der Waals surface area contributed by atoms with Crippen molar-refractivity contribution in [1.29, 1.82) is 0 Å². The van der Waals surface area contributed by atoms with Gasteiger partial charge in [-0.3, -0.25) is 0 Å². The molecule has 0 aromatic heterocycles. The zero-order chi connectivity index (χ0) is 13.1. The summed E-state index contributed by atoms with van der Waals surface area (Å²) >= 11 is 0. The Hall–Kier alpha value is -1.86. The highest BCUT2D eigenvalue weighted by Crippen LogP contribution is 2.38. The summed E-state index contributed by atoms with van der Waals surface area (Å²) in [5, 5.41) is 3.48. The lowest BCUT2D eigenvalue weighted by atomic mass is 10.1. The Morgan fingerprint density at radius 2 is 2.11 bits per heavy atom. The minimum absolute atomic E-state index is 0.276. The van der Waals surface area contributed by atoms with Crippen LogP contribution in [0.25, 0.3) is 0 Å². The fourth-order valence-corrected chi connectivity index (χ4v) is 2.00. The summed E-state index contributed by atoms with van der Waals surface area (Å²) in [6.07, 6.45) is 8.37. The van der Waals surface area contributed by atoms with E-state index < -0.39 is 0 Å². The molecular formula is C15H17NO3. The Morgan fingerprint density at radius 1 is 1.32 bits per heavy atom. The summed E-state index contributed by atoms with van der Waals surface area (Å²) in [5.41, 5.74) is 1.09. The van der Waals surface area contributed by atoms with Gasteiger partial charge in [-0.15, -0.1) is 12.3 Å². The lowest BCUT2D eigenvalue weighted by Gasteiger charge is -2.12. The summed E-state index contributed by atoms with van der Waals surface area (Å²) in [4.78, 5) is 0. The van der Waals surface area contributed by atoms with Crippen LogP contribution in [0.1, 0.15) is 24.8 Å². The van der Waals surface area contributed by atoms with Crippen molar-refractivity contribution >= 4 is 0 Å². The Kier molecular flexibility index (Phi) is 3.47. The van der Waals surface area contributed by atoms with Crippen molar-refractivity contribution in [3.05, 3.63) is 17.7 Å². The van der Waals surface area contributed by atoms with Gasteiger partial charge in [-0.05, 0) is 18.9 Å². The van der Waals surface area contributed by atoms with Crippen molar-refractivity contribution < 1.29 is 14.2 Å². The van der Waals surface area contributed by atoms with Crippen molar-refractivity contribution in [3.63, 3.8) is 0 Å². The number of nitrogens with one attached hydrogen (secondary N) is 1. The summed E-state index contributed by atoms with van der Waals surface area (Å²) in [6.45, 7) is 1.58. The van der Waals surface area contributed by atoms with Gasteiger partial charge in [0, 0.05) is 30.6 Å². The van der Waals surface area contributed by atoms with Gasteiger partial charge in [-0.1, -0.05) is 0 Å². The number of hydrogen-bond acceptors (Lipinski definition) is 4. The first-order valence-electron chi connectivity index (χ1n) is 6.59. The van der Waals surface area contributed by atoms with E-state index in [1.807, 2.05) is 12.1 Å². The van der Waals surface area contributed by atoms with Crippen LogP contribution < -0.4 is 19.5 Å². The smallest absolute Gasteiger partial charge is 0.231 e. The molecule has 4 nitrogen and oxygen atoms in total. The van der Waals surface area contributed by atoms with Crippen LogP contribution in [0.5, 0.6) is 17.2 Å². The Morgan fingerprint density at radius 3 is 2.84 bits per heavy atom. The highest BCUT2D eigenvalue weighted by atomic mass is 16.7. The fraction of sp³-hybridized carbons (Fsp3) is 0.467. The van der Waals surface area contributed by atoms with Gasteiger partial charge in [0.05, 0.1) is 6.61 Å². The van der Waals surface area contributed by atoms with Crippen LogP contribution in [0.3, 0.4) is 0 Å². The number of benzene rings is 1. The summed E-state index contributed by atoms with van der Waals surface area (Å²) in [5.74, 6) is 4.93. The predicted octanol–water partition coefficient (Wildman–Crippen LogP) is 2.07. The van der Waals surface area contributed by atoms with Crippen LogP contribution in [-0.4, -0.2) is 19.4 Å². The van der Waals surface area contributed by atoms with E-state index in [0.29, 0.717) is 19.1 Å². The van der Waals surface area contributed by atoms with Gasteiger partial charge < -0.3 is 19.5 Å². The average molecular weight is 259 g/mol. The number of terminal acetylenes is 1. The van der Waals surface area contributed by atoms with Crippen molar-refractivity contribution in [3.8, 4) is 29.6 Å². The summed E-state index contributed by atoms with van der Waals surface area (Å²) in [6, 6.07) is 4.54. The highest BCUT2D eigenvalue weighted by molar-refractivity contribution is 5.51. The van der Waals surface area contributed by atoms with Gasteiger partial charge in [0.1, 0.15) is 5.75 Å². The zero-order valence-corrected chi connectivity index (χ0v) is 10.8. The van der Waals surface area contributed by atoms with Crippen LogP contribution in [0, 0.1) is 12.3 Å². The van der Waals surface area contributed by atoms with Gasteiger partial charge in [0.2, 0.25) is 6.79 Å². The molecule has 1 aromatic rings. The Bertz CT molecular complexity index is 503. The van der Waals surface area contributed by atoms with Crippen LogP contribution in [0.2, 0.25) is 0 Å². The second-order valence-electron chi connectivity index (χ2n) is 4.77. The van der Waals surface area contributed by atoms with E-state index in [0.717, 1.165) is 29.4 Å². The van der Waals surface area contributed by atoms with E-state index in [-0.39, 0.29) is 6.79 Å². The fourth-order valence-electron chi connectivity index (χ4n) is 2.00. The van der Waals surface area contributed by atoms with Gasteiger partial charge >= 0.3 is 0 Å². The monoisotopic (exact) mass is 259 g/mol. The molecule has 0 atom stereocenters. The first kappa shape index (κ1) is 12.2. The molecule has 3 rings (SSSR count). The maximum absolute atomic E-state index is 5.74. The first-order chi connectivity index (χ1) is 9.36. The van der Waals surface area contributed by atoms with Crippen LogP contribution in [-0.2, 0) is 6.54 Å². The summed E-state index contributed by atoms with van der Waals surface area (Å²) < 4.78 is 16.5. The number of fused-ring (bicyclic) bond motifs is 1. The lowest BCUT2D eigenvalue weighted by Crippen LogP contribution is -2.16. The third-order valence-electron chi connectivity index (χ3n) is 3.22. The van der Waals surface area contributed by atoms with E-state index in [4.69, 9.17) is 20.6 Å². The minimum atomic E-state index is 0.276. The molecule has 2 aliphatic rings. The molecule has 1 aliphatic heterocycles. The molecule has 1 fully saturated rings. The molecule has 0 bridgehead atoms. The molecule has 0 radical (unpaired) electrons. The Labute approximate surface area is 113 Å². The topological polar surface area (TPSA) is 39.7 Å². The number of rotatable bonds is 6. The first-order valence-corrected chi connectivity index (χ1v) is 6.59. The molecule has 1 aliphatic carbocycles. The third kappa shape index (κ3) is 2.94. The largest absolute Gasteiger partial charge is 0.492 e. The molecule has 4 heteroatoms. The van der Waals surface area contributed by atoms with Crippen LogP contribution >= 0.6 is 0 Å². The van der Waals surface area contributed by atoms with Crippen molar-refractivity contribution in [2.75, 3.05) is 13.4 Å². The van der Waals surface area contributed by atoms with Crippen molar-refractivity contribution in [2.45, 2.75) is 31.8 Å². The standard InChI is InChI=1S/C15H17NO3/c1-2-3-6-17-13-8-15-14(18-10-19-15)7-11(13)9-16-12-4-5-12/h1,7-8,12,16H,3-6,9-10H2.